The van der Waals surface area contributed by atoms with Crippen LogP contribution in [-0.4, -0.2) is 36.2 Å². The van der Waals surface area contributed by atoms with E-state index in [-0.39, 0.29) is 11.9 Å². The van der Waals surface area contributed by atoms with Crippen LogP contribution >= 0.6 is 0 Å². The number of hydrogen-bond donors (Lipinski definition) is 3. The van der Waals surface area contributed by atoms with Gasteiger partial charge in [-0.1, -0.05) is 13.8 Å². The molecule has 0 aromatic heterocycles. The van der Waals surface area contributed by atoms with E-state index in [0.717, 1.165) is 13.1 Å². The molecule has 2 atom stereocenters. The number of hydrogen-bond acceptors (Lipinski definition) is 3. The highest BCUT2D eigenvalue weighted by Crippen LogP contribution is 2.06. The van der Waals surface area contributed by atoms with E-state index in [4.69, 9.17) is 5.11 Å². The Hall–Kier alpha value is -0.610. The molecule has 2 unspecified atom stereocenters. The molecule has 1 aliphatic rings. The van der Waals surface area contributed by atoms with Crippen LogP contribution in [0.25, 0.3) is 0 Å². The third-order valence-electron chi connectivity index (χ3n) is 2.10. The Bertz CT molecular complexity index is 182. The van der Waals surface area contributed by atoms with E-state index in [1.165, 1.54) is 0 Å². The van der Waals surface area contributed by atoms with E-state index >= 15 is 0 Å². The summed E-state index contributed by atoms with van der Waals surface area (Å²) in [7, 11) is 0. The third-order valence-corrected chi connectivity index (χ3v) is 2.10. The van der Waals surface area contributed by atoms with Crippen LogP contribution in [0.4, 0.5) is 0 Å². The summed E-state index contributed by atoms with van der Waals surface area (Å²) < 4.78 is 0. The average Bonchev–Trinajstić information content (AvgIpc) is 2.30. The summed E-state index contributed by atoms with van der Waals surface area (Å²) in [6.07, 6.45) is -0.268. The molecule has 1 aliphatic heterocycles. The molecule has 0 radical (unpaired) electrons. The van der Waals surface area contributed by atoms with Crippen LogP contribution in [0.3, 0.4) is 0 Å². The van der Waals surface area contributed by atoms with Crippen molar-refractivity contribution in [3.8, 4) is 0 Å². The SMILES string of the molecule is CC(C)CNCC1CC(O)C(=O)N1. The largest absolute Gasteiger partial charge is 0.383 e. The average molecular weight is 186 g/mol. The third kappa shape index (κ3) is 3.32. The van der Waals surface area contributed by atoms with Crippen molar-refractivity contribution in [3.63, 3.8) is 0 Å². The fourth-order valence-corrected chi connectivity index (χ4v) is 1.41. The van der Waals surface area contributed by atoms with Crippen molar-refractivity contribution in [2.75, 3.05) is 13.1 Å². The Morgan fingerprint density at radius 1 is 1.69 bits per heavy atom. The van der Waals surface area contributed by atoms with Crippen molar-refractivity contribution in [3.05, 3.63) is 0 Å². The van der Waals surface area contributed by atoms with Gasteiger partial charge in [0.15, 0.2) is 0 Å². The fraction of sp³-hybridized carbons (Fsp3) is 0.889. The van der Waals surface area contributed by atoms with Gasteiger partial charge in [-0.25, -0.2) is 0 Å². The number of aliphatic hydroxyl groups excluding tert-OH is 1. The van der Waals surface area contributed by atoms with Gasteiger partial charge in [-0.15, -0.1) is 0 Å². The zero-order valence-corrected chi connectivity index (χ0v) is 8.21. The molecule has 0 saturated carbocycles. The maximum atomic E-state index is 10.9. The summed E-state index contributed by atoms with van der Waals surface area (Å²) in [5, 5.41) is 15.1. The fourth-order valence-electron chi connectivity index (χ4n) is 1.41. The van der Waals surface area contributed by atoms with Crippen molar-refractivity contribution in [2.45, 2.75) is 32.4 Å². The van der Waals surface area contributed by atoms with Gasteiger partial charge in [-0.05, 0) is 12.5 Å². The molecule has 0 bridgehead atoms. The van der Waals surface area contributed by atoms with Crippen molar-refractivity contribution in [2.24, 2.45) is 5.92 Å². The van der Waals surface area contributed by atoms with E-state index in [1.807, 2.05) is 0 Å². The maximum Gasteiger partial charge on any atom is 0.249 e. The highest BCUT2D eigenvalue weighted by atomic mass is 16.3. The van der Waals surface area contributed by atoms with Crippen LogP contribution in [0.5, 0.6) is 0 Å². The molecule has 4 nitrogen and oxygen atoms in total. The smallest absolute Gasteiger partial charge is 0.249 e. The van der Waals surface area contributed by atoms with Gasteiger partial charge in [-0.2, -0.15) is 0 Å². The molecule has 1 fully saturated rings. The standard InChI is InChI=1S/C9H18N2O2/c1-6(2)4-10-5-7-3-8(12)9(13)11-7/h6-8,10,12H,3-5H2,1-2H3,(H,11,13). The molecule has 0 aromatic rings. The van der Waals surface area contributed by atoms with Crippen LogP contribution in [0, 0.1) is 5.92 Å². The predicted octanol–water partition coefficient (Wildman–Crippen LogP) is -0.519. The van der Waals surface area contributed by atoms with Gasteiger partial charge in [0.1, 0.15) is 6.10 Å². The number of carbonyl (C=O) groups excluding carboxylic acids is 1. The number of rotatable bonds is 4. The number of carbonyl (C=O) groups is 1. The van der Waals surface area contributed by atoms with Crippen molar-refractivity contribution >= 4 is 5.91 Å². The normalized spacial score (nSPS) is 28.2. The van der Waals surface area contributed by atoms with Crippen molar-refractivity contribution in [1.82, 2.24) is 10.6 Å². The molecule has 0 aliphatic carbocycles. The van der Waals surface area contributed by atoms with Crippen LogP contribution in [0.2, 0.25) is 0 Å². The topological polar surface area (TPSA) is 61.4 Å². The molecule has 4 heteroatoms. The summed E-state index contributed by atoms with van der Waals surface area (Å²) in [5.74, 6) is 0.373. The minimum atomic E-state index is -0.800. The minimum absolute atomic E-state index is 0.0984. The van der Waals surface area contributed by atoms with Crippen molar-refractivity contribution in [1.29, 1.82) is 0 Å². The molecular formula is C9H18N2O2. The van der Waals surface area contributed by atoms with E-state index in [0.29, 0.717) is 12.3 Å². The lowest BCUT2D eigenvalue weighted by Crippen LogP contribution is -2.37. The van der Waals surface area contributed by atoms with Gasteiger partial charge in [0.05, 0.1) is 0 Å². The van der Waals surface area contributed by atoms with Gasteiger partial charge < -0.3 is 15.7 Å². The van der Waals surface area contributed by atoms with Crippen LogP contribution in [0.1, 0.15) is 20.3 Å². The van der Waals surface area contributed by atoms with E-state index in [1.54, 1.807) is 0 Å². The Morgan fingerprint density at radius 3 is 2.85 bits per heavy atom. The zero-order chi connectivity index (χ0) is 9.84. The van der Waals surface area contributed by atoms with Crippen molar-refractivity contribution < 1.29 is 9.90 Å². The molecule has 1 saturated heterocycles. The monoisotopic (exact) mass is 186 g/mol. The van der Waals surface area contributed by atoms with Gasteiger partial charge in [-0.3, -0.25) is 4.79 Å². The lowest BCUT2D eigenvalue weighted by molar-refractivity contribution is -0.126. The summed E-state index contributed by atoms with van der Waals surface area (Å²) in [6, 6.07) is 0.0984. The van der Waals surface area contributed by atoms with E-state index < -0.39 is 6.10 Å². The molecule has 0 aromatic carbocycles. The Morgan fingerprint density at radius 2 is 2.38 bits per heavy atom. The minimum Gasteiger partial charge on any atom is -0.383 e. The molecular weight excluding hydrogens is 168 g/mol. The van der Waals surface area contributed by atoms with Gasteiger partial charge in [0, 0.05) is 19.0 Å². The van der Waals surface area contributed by atoms with E-state index in [2.05, 4.69) is 24.5 Å². The van der Waals surface area contributed by atoms with Gasteiger partial charge >= 0.3 is 0 Å². The second-order valence-electron chi connectivity index (χ2n) is 4.01. The maximum absolute atomic E-state index is 10.9. The summed E-state index contributed by atoms with van der Waals surface area (Å²) in [6.45, 7) is 5.97. The molecule has 1 rings (SSSR count). The molecule has 3 N–H and O–H groups in total. The highest BCUT2D eigenvalue weighted by Gasteiger charge is 2.29. The second-order valence-corrected chi connectivity index (χ2v) is 4.01. The summed E-state index contributed by atoms with van der Waals surface area (Å²) in [4.78, 5) is 10.9. The van der Waals surface area contributed by atoms with Crippen LogP contribution in [-0.2, 0) is 4.79 Å². The Labute approximate surface area is 78.7 Å². The molecule has 0 spiro atoms. The van der Waals surface area contributed by atoms with Crippen LogP contribution < -0.4 is 10.6 Å². The molecule has 1 heterocycles. The lowest BCUT2D eigenvalue weighted by Gasteiger charge is -2.12. The molecule has 13 heavy (non-hydrogen) atoms. The number of amides is 1. The first-order valence-corrected chi connectivity index (χ1v) is 4.78. The first kappa shape index (κ1) is 10.5. The first-order chi connectivity index (χ1) is 6.09. The van der Waals surface area contributed by atoms with Gasteiger partial charge in [0.2, 0.25) is 5.91 Å². The lowest BCUT2D eigenvalue weighted by atomic mass is 10.2. The summed E-state index contributed by atoms with van der Waals surface area (Å²) >= 11 is 0. The number of nitrogens with one attached hydrogen (secondary N) is 2. The molecule has 1 amide bonds. The number of aliphatic hydroxyl groups is 1. The first-order valence-electron chi connectivity index (χ1n) is 4.78. The highest BCUT2D eigenvalue weighted by molar-refractivity contribution is 5.83. The second kappa shape index (κ2) is 4.58. The molecule has 76 valence electrons. The predicted molar refractivity (Wildman–Crippen MR) is 50.3 cm³/mol. The Kier molecular flexibility index (Phi) is 3.69. The van der Waals surface area contributed by atoms with Crippen LogP contribution in [0.15, 0.2) is 0 Å². The summed E-state index contributed by atoms with van der Waals surface area (Å²) in [5.41, 5.74) is 0. The van der Waals surface area contributed by atoms with E-state index in [9.17, 15) is 4.79 Å². The zero-order valence-electron chi connectivity index (χ0n) is 8.21. The Balaban J connectivity index is 2.14. The quantitative estimate of drug-likeness (QED) is 0.554. The van der Waals surface area contributed by atoms with Gasteiger partial charge in [0.25, 0.3) is 0 Å².